The molecule has 0 bridgehead atoms. The lowest BCUT2D eigenvalue weighted by Gasteiger charge is -2.33. The SMILES string of the molecule is CCC1(N)CC=Cc2cccc(N)c21. The van der Waals surface area contributed by atoms with Gasteiger partial charge < -0.3 is 11.5 Å². The maximum absolute atomic E-state index is 6.34. The molecule has 2 nitrogen and oxygen atoms in total. The molecule has 1 aliphatic carbocycles. The van der Waals surface area contributed by atoms with Crippen LogP contribution in [0.25, 0.3) is 6.08 Å². The van der Waals surface area contributed by atoms with Crippen LogP contribution >= 0.6 is 0 Å². The van der Waals surface area contributed by atoms with Crippen molar-refractivity contribution < 1.29 is 0 Å². The van der Waals surface area contributed by atoms with Crippen LogP contribution in [0.3, 0.4) is 0 Å². The molecule has 14 heavy (non-hydrogen) atoms. The van der Waals surface area contributed by atoms with Crippen molar-refractivity contribution in [1.82, 2.24) is 0 Å². The largest absolute Gasteiger partial charge is 0.398 e. The third-order valence-corrected chi connectivity index (χ3v) is 3.04. The Kier molecular flexibility index (Phi) is 2.08. The molecule has 0 aliphatic heterocycles. The van der Waals surface area contributed by atoms with Crippen molar-refractivity contribution in [2.45, 2.75) is 25.3 Å². The highest BCUT2D eigenvalue weighted by Crippen LogP contribution is 2.37. The first-order valence-corrected chi connectivity index (χ1v) is 5.02. The molecule has 4 N–H and O–H groups in total. The molecule has 1 atom stereocenters. The van der Waals surface area contributed by atoms with Gasteiger partial charge in [0, 0.05) is 16.8 Å². The van der Waals surface area contributed by atoms with E-state index in [1.807, 2.05) is 12.1 Å². The molecule has 1 aromatic carbocycles. The van der Waals surface area contributed by atoms with Crippen molar-refractivity contribution in [2.75, 3.05) is 5.73 Å². The number of nitrogens with two attached hydrogens (primary N) is 2. The summed E-state index contributed by atoms with van der Waals surface area (Å²) in [5.41, 5.74) is 15.1. The monoisotopic (exact) mass is 188 g/mol. The second kappa shape index (κ2) is 3.14. The Morgan fingerprint density at radius 3 is 2.93 bits per heavy atom. The molecule has 1 unspecified atom stereocenters. The van der Waals surface area contributed by atoms with Crippen LogP contribution in [0.5, 0.6) is 0 Å². The second-order valence-electron chi connectivity index (χ2n) is 3.93. The minimum absolute atomic E-state index is 0.268. The topological polar surface area (TPSA) is 52.0 Å². The Hall–Kier alpha value is -1.28. The quantitative estimate of drug-likeness (QED) is 0.664. The van der Waals surface area contributed by atoms with Gasteiger partial charge in [0.1, 0.15) is 0 Å². The lowest BCUT2D eigenvalue weighted by Crippen LogP contribution is -2.38. The van der Waals surface area contributed by atoms with Crippen LogP contribution in [-0.4, -0.2) is 0 Å². The van der Waals surface area contributed by atoms with Gasteiger partial charge in [-0.05, 0) is 24.5 Å². The van der Waals surface area contributed by atoms with Crippen molar-refractivity contribution in [3.05, 3.63) is 35.4 Å². The molecule has 0 fully saturated rings. The predicted molar refractivity (Wildman–Crippen MR) is 60.7 cm³/mol. The van der Waals surface area contributed by atoms with Gasteiger partial charge in [0.05, 0.1) is 0 Å². The van der Waals surface area contributed by atoms with E-state index in [2.05, 4.69) is 25.1 Å². The van der Waals surface area contributed by atoms with Crippen molar-refractivity contribution in [2.24, 2.45) is 5.73 Å². The van der Waals surface area contributed by atoms with Crippen LogP contribution in [0.1, 0.15) is 30.9 Å². The molecule has 0 heterocycles. The Bertz CT molecular complexity index is 382. The zero-order chi connectivity index (χ0) is 10.2. The summed E-state index contributed by atoms with van der Waals surface area (Å²) in [6.07, 6.45) is 6.03. The van der Waals surface area contributed by atoms with E-state index in [0.29, 0.717) is 0 Å². The van der Waals surface area contributed by atoms with E-state index in [-0.39, 0.29) is 5.54 Å². The molecule has 0 amide bonds. The van der Waals surface area contributed by atoms with Gasteiger partial charge in [-0.1, -0.05) is 31.2 Å². The Balaban J connectivity index is 2.64. The van der Waals surface area contributed by atoms with Gasteiger partial charge in [0.2, 0.25) is 0 Å². The summed E-state index contributed by atoms with van der Waals surface area (Å²) in [5, 5.41) is 0. The maximum atomic E-state index is 6.34. The summed E-state index contributed by atoms with van der Waals surface area (Å²) in [5.74, 6) is 0. The summed E-state index contributed by atoms with van der Waals surface area (Å²) in [7, 11) is 0. The standard InChI is InChI=1S/C12H16N2/c1-2-12(14)8-4-6-9-5-3-7-10(13)11(9)12/h3-7H,2,8,13-14H2,1H3. The van der Waals surface area contributed by atoms with Crippen molar-refractivity contribution in [1.29, 1.82) is 0 Å². The molecule has 2 heteroatoms. The lowest BCUT2D eigenvalue weighted by atomic mass is 9.78. The van der Waals surface area contributed by atoms with Crippen molar-refractivity contribution in [3.63, 3.8) is 0 Å². The fourth-order valence-corrected chi connectivity index (χ4v) is 2.12. The van der Waals surface area contributed by atoms with E-state index in [1.54, 1.807) is 0 Å². The third-order valence-electron chi connectivity index (χ3n) is 3.04. The van der Waals surface area contributed by atoms with Gasteiger partial charge in [-0.25, -0.2) is 0 Å². The van der Waals surface area contributed by atoms with Gasteiger partial charge in [-0.15, -0.1) is 0 Å². The molecule has 1 aromatic rings. The Labute approximate surface area is 84.6 Å². The van der Waals surface area contributed by atoms with Gasteiger partial charge in [-0.2, -0.15) is 0 Å². The van der Waals surface area contributed by atoms with Crippen molar-refractivity contribution in [3.8, 4) is 0 Å². The van der Waals surface area contributed by atoms with E-state index in [4.69, 9.17) is 11.5 Å². The molecule has 0 spiro atoms. The van der Waals surface area contributed by atoms with E-state index < -0.39 is 0 Å². The number of fused-ring (bicyclic) bond motifs is 1. The lowest BCUT2D eigenvalue weighted by molar-refractivity contribution is 0.431. The number of rotatable bonds is 1. The highest BCUT2D eigenvalue weighted by atomic mass is 14.8. The fourth-order valence-electron chi connectivity index (χ4n) is 2.12. The summed E-state index contributed by atoms with van der Waals surface area (Å²) in [6.45, 7) is 2.11. The van der Waals surface area contributed by atoms with Gasteiger partial charge >= 0.3 is 0 Å². The van der Waals surface area contributed by atoms with E-state index >= 15 is 0 Å². The van der Waals surface area contributed by atoms with Crippen LogP contribution in [0.15, 0.2) is 24.3 Å². The molecule has 0 saturated heterocycles. The van der Waals surface area contributed by atoms with E-state index in [1.165, 1.54) is 5.56 Å². The van der Waals surface area contributed by atoms with Gasteiger partial charge in [0.15, 0.2) is 0 Å². The molecule has 1 aliphatic rings. The molecule has 0 saturated carbocycles. The molecule has 0 aromatic heterocycles. The number of hydrogen-bond donors (Lipinski definition) is 2. The zero-order valence-corrected chi connectivity index (χ0v) is 8.46. The predicted octanol–water partition coefficient (Wildman–Crippen LogP) is 2.25. The Morgan fingerprint density at radius 1 is 1.43 bits per heavy atom. The average Bonchev–Trinajstić information content (AvgIpc) is 2.18. The highest BCUT2D eigenvalue weighted by molar-refractivity contribution is 5.67. The van der Waals surface area contributed by atoms with Crippen LogP contribution in [0.2, 0.25) is 0 Å². The fraction of sp³-hybridized carbons (Fsp3) is 0.333. The van der Waals surface area contributed by atoms with Crippen LogP contribution in [-0.2, 0) is 5.54 Å². The highest BCUT2D eigenvalue weighted by Gasteiger charge is 2.30. The zero-order valence-electron chi connectivity index (χ0n) is 8.46. The first-order chi connectivity index (χ1) is 6.67. The molecule has 0 radical (unpaired) electrons. The van der Waals surface area contributed by atoms with E-state index in [9.17, 15) is 0 Å². The summed E-state index contributed by atoms with van der Waals surface area (Å²) in [4.78, 5) is 0. The minimum atomic E-state index is -0.268. The first-order valence-electron chi connectivity index (χ1n) is 5.02. The molecular formula is C12H16N2. The number of anilines is 1. The molecule has 2 rings (SSSR count). The van der Waals surface area contributed by atoms with Crippen LogP contribution in [0.4, 0.5) is 5.69 Å². The van der Waals surface area contributed by atoms with Gasteiger partial charge in [0.25, 0.3) is 0 Å². The minimum Gasteiger partial charge on any atom is -0.398 e. The maximum Gasteiger partial charge on any atom is 0.0468 e. The summed E-state index contributed by atoms with van der Waals surface area (Å²) in [6, 6.07) is 5.97. The third kappa shape index (κ3) is 1.23. The first kappa shape index (κ1) is 9.28. The average molecular weight is 188 g/mol. The number of hydrogen-bond acceptors (Lipinski definition) is 2. The number of nitrogen functional groups attached to an aromatic ring is 1. The number of benzene rings is 1. The van der Waals surface area contributed by atoms with Gasteiger partial charge in [-0.3, -0.25) is 0 Å². The molecule has 74 valence electrons. The smallest absolute Gasteiger partial charge is 0.0468 e. The second-order valence-corrected chi connectivity index (χ2v) is 3.93. The van der Waals surface area contributed by atoms with Crippen LogP contribution < -0.4 is 11.5 Å². The summed E-state index contributed by atoms with van der Waals surface area (Å²) >= 11 is 0. The van der Waals surface area contributed by atoms with Crippen LogP contribution in [0, 0.1) is 0 Å². The summed E-state index contributed by atoms with van der Waals surface area (Å²) < 4.78 is 0. The Morgan fingerprint density at radius 2 is 2.21 bits per heavy atom. The van der Waals surface area contributed by atoms with E-state index in [0.717, 1.165) is 24.1 Å². The molecular weight excluding hydrogens is 172 g/mol. The normalized spacial score (nSPS) is 24.7. The van der Waals surface area contributed by atoms with Crippen molar-refractivity contribution >= 4 is 11.8 Å².